The smallest absolute Gasteiger partial charge is 0.129 e. The van der Waals surface area contributed by atoms with E-state index in [2.05, 4.69) is 40.5 Å². The number of rotatable bonds is 2. The normalized spacial score (nSPS) is 10.1. The van der Waals surface area contributed by atoms with Crippen molar-refractivity contribution < 1.29 is 4.12 Å². The van der Waals surface area contributed by atoms with Crippen LogP contribution in [0.3, 0.4) is 0 Å². The van der Waals surface area contributed by atoms with Crippen LogP contribution in [0.1, 0.15) is 11.1 Å². The Morgan fingerprint density at radius 1 is 0.647 bits per heavy atom. The lowest BCUT2D eigenvalue weighted by Crippen LogP contribution is -1.70. The predicted octanol–water partition coefficient (Wildman–Crippen LogP) is 1.42. The van der Waals surface area contributed by atoms with E-state index >= 15 is 0 Å². The Labute approximate surface area is 109 Å². The first-order valence-electron chi connectivity index (χ1n) is 5.55. The van der Waals surface area contributed by atoms with Crippen molar-refractivity contribution in [3.8, 4) is 0 Å². The molecule has 0 fully saturated rings. The van der Waals surface area contributed by atoms with E-state index < -0.39 is 0 Å². The lowest BCUT2D eigenvalue weighted by atomic mass is 10.1. The number of hydrogen-bond donors (Lipinski definition) is 0. The summed E-state index contributed by atoms with van der Waals surface area (Å²) in [6.07, 6.45) is 4.24. The maximum absolute atomic E-state index is 4.53. The van der Waals surface area contributed by atoms with Gasteiger partial charge in [0.05, 0.1) is 0 Å². The zero-order valence-corrected chi connectivity index (χ0v) is 14.3. The third-order valence-electron chi connectivity index (χ3n) is 2.07. The van der Waals surface area contributed by atoms with Crippen molar-refractivity contribution in [1.29, 1.82) is 0 Å². The van der Waals surface area contributed by atoms with Gasteiger partial charge >= 0.3 is 0 Å². The van der Waals surface area contributed by atoms with E-state index in [1.807, 2.05) is 36.4 Å². The van der Waals surface area contributed by atoms with Gasteiger partial charge in [-0.1, -0.05) is 72.8 Å². The molecule has 0 radical (unpaired) electrons. The van der Waals surface area contributed by atoms with E-state index in [4.69, 9.17) is 0 Å². The van der Waals surface area contributed by atoms with Gasteiger partial charge in [-0.2, -0.15) is 0 Å². The maximum atomic E-state index is 4.53. The van der Waals surface area contributed by atoms with Gasteiger partial charge in [0.15, 0.2) is 0 Å². The highest BCUT2D eigenvalue weighted by atomic mass is 28.3. The topological polar surface area (TPSA) is 9.23 Å². The predicted molar refractivity (Wildman–Crippen MR) is 82.8 cm³/mol. The van der Waals surface area contributed by atoms with Crippen molar-refractivity contribution >= 4 is 33.1 Å². The van der Waals surface area contributed by atoms with E-state index in [0.717, 1.165) is 21.0 Å². The Bertz CT molecular complexity index is 385. The summed E-state index contributed by atoms with van der Waals surface area (Å²) in [5.41, 5.74) is 2.47. The quantitative estimate of drug-likeness (QED) is 0.585. The second kappa shape index (κ2) is 8.69. The van der Waals surface area contributed by atoms with E-state index in [9.17, 15) is 0 Å². The van der Waals surface area contributed by atoms with Gasteiger partial charge in [-0.15, -0.1) is 0 Å². The van der Waals surface area contributed by atoms with E-state index in [-0.39, 0.29) is 0 Å². The monoisotopic (exact) mass is 258 g/mol. The third-order valence-corrected chi connectivity index (χ3v) is 2.07. The van der Waals surface area contributed by atoms with Crippen LogP contribution in [-0.2, 0) is 4.12 Å². The minimum Gasteiger partial charge on any atom is -0.471 e. The van der Waals surface area contributed by atoms with Crippen molar-refractivity contribution in [3.05, 3.63) is 71.8 Å². The van der Waals surface area contributed by atoms with Crippen LogP contribution in [0.4, 0.5) is 0 Å². The fraction of sp³-hybridized carbons (Fsp3) is 0. The number of benzene rings is 2. The summed E-state index contributed by atoms with van der Waals surface area (Å²) in [4.78, 5) is 0. The van der Waals surface area contributed by atoms with E-state index in [1.54, 1.807) is 0 Å². The molecule has 0 saturated carbocycles. The molecule has 0 atom stereocenters. The first-order chi connectivity index (χ1) is 8.36. The fourth-order valence-electron chi connectivity index (χ4n) is 1.32. The Morgan fingerprint density at radius 2 is 0.941 bits per heavy atom. The van der Waals surface area contributed by atoms with Crippen LogP contribution in [0.15, 0.2) is 60.7 Å². The van der Waals surface area contributed by atoms with Gasteiger partial charge in [0, 0.05) is 0 Å². The molecule has 0 spiro atoms. The standard InChI is InChI=1S/C14H12.H6OSi2/c1-3-7-13(8-4-1)11-12-14-9-5-2-6-10-14;2-1-3/h1-12H;2-3H3/b12-11+;. The third kappa shape index (κ3) is 6.01. The van der Waals surface area contributed by atoms with Gasteiger partial charge in [0.25, 0.3) is 0 Å². The van der Waals surface area contributed by atoms with E-state index in [1.165, 1.54) is 11.1 Å². The summed E-state index contributed by atoms with van der Waals surface area (Å²) in [6, 6.07) is 20.6. The molecule has 3 heteroatoms. The van der Waals surface area contributed by atoms with Crippen molar-refractivity contribution in [2.24, 2.45) is 0 Å². The fourth-order valence-corrected chi connectivity index (χ4v) is 1.32. The highest BCUT2D eigenvalue weighted by Gasteiger charge is 1.84. The summed E-state index contributed by atoms with van der Waals surface area (Å²) < 4.78 is 4.53. The Balaban J connectivity index is 0.000000437. The summed E-state index contributed by atoms with van der Waals surface area (Å²) in [5.74, 6) is 0. The molecule has 0 aliphatic rings. The molecule has 2 rings (SSSR count). The van der Waals surface area contributed by atoms with Crippen LogP contribution in [0.2, 0.25) is 0 Å². The highest BCUT2D eigenvalue weighted by Crippen LogP contribution is 2.06. The molecule has 0 bridgehead atoms. The van der Waals surface area contributed by atoms with Gasteiger partial charge in [-0.05, 0) is 11.1 Å². The molecule has 1 nitrogen and oxygen atoms in total. The first kappa shape index (κ1) is 13.6. The average molecular weight is 258 g/mol. The Hall–Kier alpha value is -1.43. The van der Waals surface area contributed by atoms with Gasteiger partial charge in [-0.25, -0.2) is 0 Å². The van der Waals surface area contributed by atoms with Gasteiger partial charge in [-0.3, -0.25) is 0 Å². The SMILES string of the molecule is C(=C\c1ccccc1)/c1ccccc1.[SiH3]O[SiH3]. The zero-order valence-electron chi connectivity index (χ0n) is 10.3. The number of hydrogen-bond acceptors (Lipinski definition) is 1. The molecular formula is C14H18OSi2. The van der Waals surface area contributed by atoms with Crippen LogP contribution in [0, 0.1) is 0 Å². The average Bonchev–Trinajstić information content (AvgIpc) is 2.40. The molecule has 2 aromatic rings. The van der Waals surface area contributed by atoms with Gasteiger partial charge < -0.3 is 4.12 Å². The maximum Gasteiger partial charge on any atom is 0.129 e. The van der Waals surface area contributed by atoms with Crippen molar-refractivity contribution in [1.82, 2.24) is 0 Å². The molecule has 88 valence electrons. The largest absolute Gasteiger partial charge is 0.471 e. The summed E-state index contributed by atoms with van der Waals surface area (Å²) in [5, 5.41) is 0. The van der Waals surface area contributed by atoms with Gasteiger partial charge in [0.2, 0.25) is 0 Å². The Kier molecular flexibility index (Phi) is 6.97. The lowest BCUT2D eigenvalue weighted by molar-refractivity contribution is 0.690. The van der Waals surface area contributed by atoms with Crippen LogP contribution in [-0.4, -0.2) is 21.0 Å². The molecule has 0 N–H and O–H groups in total. The molecule has 0 saturated heterocycles. The molecule has 0 unspecified atom stereocenters. The summed E-state index contributed by atoms with van der Waals surface area (Å²) in [6.45, 7) is 0. The first-order valence-corrected chi connectivity index (χ1v) is 7.18. The molecular weight excluding hydrogens is 240 g/mol. The molecule has 0 aromatic heterocycles. The summed E-state index contributed by atoms with van der Waals surface area (Å²) in [7, 11) is 1.86. The molecule has 17 heavy (non-hydrogen) atoms. The second-order valence-electron chi connectivity index (χ2n) is 3.56. The lowest BCUT2D eigenvalue weighted by Gasteiger charge is -1.92. The van der Waals surface area contributed by atoms with Crippen molar-refractivity contribution in [2.45, 2.75) is 0 Å². The molecule has 0 heterocycles. The van der Waals surface area contributed by atoms with Crippen LogP contribution < -0.4 is 0 Å². The van der Waals surface area contributed by atoms with Crippen LogP contribution >= 0.6 is 0 Å². The van der Waals surface area contributed by atoms with Gasteiger partial charge in [0.1, 0.15) is 21.0 Å². The highest BCUT2D eigenvalue weighted by molar-refractivity contribution is 6.15. The van der Waals surface area contributed by atoms with Crippen LogP contribution in [0.5, 0.6) is 0 Å². The zero-order chi connectivity index (χ0) is 12.3. The van der Waals surface area contributed by atoms with Crippen molar-refractivity contribution in [3.63, 3.8) is 0 Å². The minimum atomic E-state index is 0.931. The Morgan fingerprint density at radius 3 is 1.24 bits per heavy atom. The molecule has 0 aliphatic carbocycles. The van der Waals surface area contributed by atoms with Crippen LogP contribution in [0.25, 0.3) is 12.2 Å². The second-order valence-corrected chi connectivity index (χ2v) is 6.83. The summed E-state index contributed by atoms with van der Waals surface area (Å²) >= 11 is 0. The molecule has 2 aromatic carbocycles. The minimum absolute atomic E-state index is 0.931. The molecule has 0 aliphatic heterocycles. The molecule has 0 amide bonds. The van der Waals surface area contributed by atoms with Crippen molar-refractivity contribution in [2.75, 3.05) is 0 Å². The van der Waals surface area contributed by atoms with E-state index in [0.29, 0.717) is 0 Å².